The van der Waals surface area contributed by atoms with Gasteiger partial charge in [0.15, 0.2) is 0 Å². The maximum absolute atomic E-state index is 12.4. The summed E-state index contributed by atoms with van der Waals surface area (Å²) in [5, 5.41) is 3.72. The number of rotatable bonds is 4. The van der Waals surface area contributed by atoms with Crippen LogP contribution in [-0.2, 0) is 18.3 Å². The Labute approximate surface area is 138 Å². The van der Waals surface area contributed by atoms with E-state index < -0.39 is 0 Å². The number of amides is 1. The van der Waals surface area contributed by atoms with Gasteiger partial charge in [-0.3, -0.25) is 4.79 Å². The molecule has 0 radical (unpaired) electrons. The molecule has 0 saturated carbocycles. The Morgan fingerprint density at radius 3 is 3.00 bits per heavy atom. The van der Waals surface area contributed by atoms with Gasteiger partial charge in [-0.1, -0.05) is 29.5 Å². The molecule has 4 rings (SSSR count). The predicted octanol–water partition coefficient (Wildman–Crippen LogP) is 2.47. The second-order valence-corrected chi connectivity index (χ2v) is 6.65. The lowest BCUT2D eigenvalue weighted by Crippen LogP contribution is -2.56. The smallest absolute Gasteiger partial charge is 0.273 e. The maximum Gasteiger partial charge on any atom is 0.273 e. The van der Waals surface area contributed by atoms with E-state index in [4.69, 9.17) is 4.74 Å². The van der Waals surface area contributed by atoms with Crippen LogP contribution >= 0.6 is 11.3 Å². The number of fused-ring (bicyclic) bond motifs is 1. The van der Waals surface area contributed by atoms with Crippen LogP contribution in [0.1, 0.15) is 5.56 Å². The minimum Gasteiger partial charge on any atom is -0.463 e. The lowest BCUT2D eigenvalue weighted by molar-refractivity contribution is -0.139. The van der Waals surface area contributed by atoms with Crippen LogP contribution in [0.3, 0.4) is 0 Å². The molecule has 0 spiro atoms. The Kier molecular flexibility index (Phi) is 3.53. The first kappa shape index (κ1) is 14.3. The second-order valence-electron chi connectivity index (χ2n) is 5.80. The minimum atomic E-state index is 0.0672. The number of carbonyl (C=O) groups excluding carboxylic acids is 1. The van der Waals surface area contributed by atoms with E-state index in [1.807, 2.05) is 35.7 Å². The molecular formula is C17H17N3O2S. The number of aromatic nitrogens is 2. The highest BCUT2D eigenvalue weighted by molar-refractivity contribution is 7.11. The highest BCUT2D eigenvalue weighted by Gasteiger charge is 2.32. The van der Waals surface area contributed by atoms with Crippen LogP contribution in [0, 0.1) is 0 Å². The van der Waals surface area contributed by atoms with Crippen molar-refractivity contribution in [3.8, 4) is 5.19 Å². The van der Waals surface area contributed by atoms with Crippen molar-refractivity contribution in [2.45, 2.75) is 12.5 Å². The monoisotopic (exact) mass is 327 g/mol. The molecule has 6 heteroatoms. The SMILES string of the molecule is Cn1cc(CC(=O)N2CC(Oc3nccs3)C2)c2ccccc21. The standard InChI is InChI=1S/C17H17N3O2S/c1-19-9-12(14-4-2-3-5-15(14)19)8-16(21)20-10-13(11-20)22-17-18-6-7-23-17/h2-7,9,13H,8,10-11H2,1H3. The van der Waals surface area contributed by atoms with Gasteiger partial charge in [-0.2, -0.15) is 0 Å². The van der Waals surface area contributed by atoms with Crippen LogP contribution in [0.25, 0.3) is 10.9 Å². The summed E-state index contributed by atoms with van der Waals surface area (Å²) in [5.74, 6) is 0.153. The highest BCUT2D eigenvalue weighted by atomic mass is 32.1. The van der Waals surface area contributed by atoms with Gasteiger partial charge in [-0.15, -0.1) is 0 Å². The Hall–Kier alpha value is -2.34. The van der Waals surface area contributed by atoms with Gasteiger partial charge < -0.3 is 14.2 Å². The van der Waals surface area contributed by atoms with Crippen molar-refractivity contribution >= 4 is 28.1 Å². The molecule has 1 aromatic carbocycles. The van der Waals surface area contributed by atoms with E-state index in [1.165, 1.54) is 11.3 Å². The average Bonchev–Trinajstić information content (AvgIpc) is 3.12. The molecule has 0 atom stereocenters. The fraction of sp³-hybridized carbons (Fsp3) is 0.294. The van der Waals surface area contributed by atoms with Crippen molar-refractivity contribution in [3.63, 3.8) is 0 Å². The minimum absolute atomic E-state index is 0.0672. The van der Waals surface area contributed by atoms with Crippen LogP contribution in [-0.4, -0.2) is 39.6 Å². The second kappa shape index (κ2) is 5.70. The fourth-order valence-electron chi connectivity index (χ4n) is 2.97. The number of para-hydroxylation sites is 1. The topological polar surface area (TPSA) is 47.4 Å². The van der Waals surface area contributed by atoms with E-state index >= 15 is 0 Å². The molecular weight excluding hydrogens is 310 g/mol. The largest absolute Gasteiger partial charge is 0.463 e. The van der Waals surface area contributed by atoms with Crippen LogP contribution in [0.5, 0.6) is 5.19 Å². The molecule has 1 saturated heterocycles. The molecule has 1 aliphatic rings. The first-order valence-electron chi connectivity index (χ1n) is 7.57. The van der Waals surface area contributed by atoms with E-state index in [2.05, 4.69) is 21.7 Å². The molecule has 1 aliphatic heterocycles. The summed E-state index contributed by atoms with van der Waals surface area (Å²) in [5.41, 5.74) is 2.24. The van der Waals surface area contributed by atoms with Crippen molar-refractivity contribution in [2.24, 2.45) is 7.05 Å². The number of likely N-dealkylation sites (tertiary alicyclic amines) is 1. The van der Waals surface area contributed by atoms with Gasteiger partial charge in [0.2, 0.25) is 5.91 Å². The summed E-state index contributed by atoms with van der Waals surface area (Å²) in [6.45, 7) is 1.28. The predicted molar refractivity (Wildman–Crippen MR) is 89.7 cm³/mol. The van der Waals surface area contributed by atoms with E-state index in [0.717, 1.165) is 16.5 Å². The van der Waals surface area contributed by atoms with Crippen LogP contribution in [0.15, 0.2) is 42.0 Å². The molecule has 1 amide bonds. The summed E-state index contributed by atoms with van der Waals surface area (Å²) in [6.07, 6.45) is 4.27. The maximum atomic E-state index is 12.4. The lowest BCUT2D eigenvalue weighted by atomic mass is 10.1. The number of benzene rings is 1. The molecule has 3 heterocycles. The van der Waals surface area contributed by atoms with E-state index in [1.54, 1.807) is 6.20 Å². The first-order chi connectivity index (χ1) is 11.2. The lowest BCUT2D eigenvalue weighted by Gasteiger charge is -2.38. The van der Waals surface area contributed by atoms with Gasteiger partial charge in [0, 0.05) is 35.7 Å². The van der Waals surface area contributed by atoms with Gasteiger partial charge in [-0.25, -0.2) is 4.98 Å². The number of ether oxygens (including phenoxy) is 1. The highest BCUT2D eigenvalue weighted by Crippen LogP contribution is 2.24. The molecule has 2 aromatic heterocycles. The third kappa shape index (κ3) is 2.70. The zero-order chi connectivity index (χ0) is 15.8. The van der Waals surface area contributed by atoms with Crippen LogP contribution < -0.4 is 4.74 Å². The van der Waals surface area contributed by atoms with Crippen molar-refractivity contribution in [3.05, 3.63) is 47.6 Å². The van der Waals surface area contributed by atoms with E-state index in [-0.39, 0.29) is 12.0 Å². The Morgan fingerprint density at radius 2 is 2.22 bits per heavy atom. The zero-order valence-corrected chi connectivity index (χ0v) is 13.6. The van der Waals surface area contributed by atoms with Gasteiger partial charge in [0.25, 0.3) is 5.19 Å². The zero-order valence-electron chi connectivity index (χ0n) is 12.8. The molecule has 5 nitrogen and oxygen atoms in total. The van der Waals surface area contributed by atoms with Crippen molar-refractivity contribution in [2.75, 3.05) is 13.1 Å². The molecule has 23 heavy (non-hydrogen) atoms. The third-order valence-corrected chi connectivity index (χ3v) is 4.86. The molecule has 3 aromatic rings. The Morgan fingerprint density at radius 1 is 1.39 bits per heavy atom. The number of thiazole rings is 1. The van der Waals surface area contributed by atoms with Crippen molar-refractivity contribution in [1.82, 2.24) is 14.5 Å². The third-order valence-electron chi connectivity index (χ3n) is 4.20. The summed E-state index contributed by atoms with van der Waals surface area (Å²) in [6, 6.07) is 8.18. The Balaban J connectivity index is 1.39. The van der Waals surface area contributed by atoms with Crippen LogP contribution in [0.4, 0.5) is 0 Å². The average molecular weight is 327 g/mol. The van der Waals surface area contributed by atoms with Crippen molar-refractivity contribution < 1.29 is 9.53 Å². The van der Waals surface area contributed by atoms with E-state index in [0.29, 0.717) is 24.7 Å². The number of aryl methyl sites for hydroxylation is 1. The number of carbonyl (C=O) groups is 1. The normalized spacial score (nSPS) is 14.9. The van der Waals surface area contributed by atoms with Gasteiger partial charge in [0.05, 0.1) is 19.5 Å². The van der Waals surface area contributed by atoms with Crippen LogP contribution in [0.2, 0.25) is 0 Å². The fourth-order valence-corrected chi connectivity index (χ4v) is 3.52. The molecule has 118 valence electrons. The van der Waals surface area contributed by atoms with Crippen molar-refractivity contribution in [1.29, 1.82) is 0 Å². The first-order valence-corrected chi connectivity index (χ1v) is 8.45. The van der Waals surface area contributed by atoms with Gasteiger partial charge >= 0.3 is 0 Å². The molecule has 0 unspecified atom stereocenters. The summed E-state index contributed by atoms with van der Waals surface area (Å²) >= 11 is 1.48. The number of hydrogen-bond donors (Lipinski definition) is 0. The molecule has 0 aliphatic carbocycles. The van der Waals surface area contributed by atoms with E-state index in [9.17, 15) is 4.79 Å². The molecule has 0 N–H and O–H groups in total. The Bertz CT molecular complexity index is 835. The summed E-state index contributed by atoms with van der Waals surface area (Å²) < 4.78 is 7.78. The number of nitrogens with zero attached hydrogens (tertiary/aromatic N) is 3. The number of hydrogen-bond acceptors (Lipinski definition) is 4. The quantitative estimate of drug-likeness (QED) is 0.739. The van der Waals surface area contributed by atoms with Gasteiger partial charge in [0.1, 0.15) is 6.10 Å². The molecule has 1 fully saturated rings. The summed E-state index contributed by atoms with van der Waals surface area (Å²) in [7, 11) is 2.01. The van der Waals surface area contributed by atoms with Gasteiger partial charge in [-0.05, 0) is 11.6 Å². The summed E-state index contributed by atoms with van der Waals surface area (Å²) in [4.78, 5) is 18.4. The molecule has 0 bridgehead atoms.